The SMILES string of the molecule is Cc1c(C)c(CC2CCNCC2)c(C)c(Br)c1O. The molecule has 3 heteroatoms. The van der Waals surface area contributed by atoms with Crippen LogP contribution in [0.1, 0.15) is 35.1 Å². The number of piperidine rings is 1. The van der Waals surface area contributed by atoms with Gasteiger partial charge in [0.15, 0.2) is 0 Å². The Hall–Kier alpha value is -0.540. The molecule has 1 aromatic carbocycles. The van der Waals surface area contributed by atoms with Crippen LogP contribution in [0.4, 0.5) is 0 Å². The van der Waals surface area contributed by atoms with E-state index in [1.807, 2.05) is 6.92 Å². The van der Waals surface area contributed by atoms with Crippen LogP contribution in [0, 0.1) is 26.7 Å². The molecule has 0 spiro atoms. The van der Waals surface area contributed by atoms with Crippen LogP contribution in [0.15, 0.2) is 4.47 Å². The van der Waals surface area contributed by atoms with Crippen molar-refractivity contribution in [1.29, 1.82) is 0 Å². The number of phenols is 1. The quantitative estimate of drug-likeness (QED) is 0.874. The zero-order valence-corrected chi connectivity index (χ0v) is 13.0. The first-order valence-corrected chi connectivity index (χ1v) is 7.49. The van der Waals surface area contributed by atoms with E-state index < -0.39 is 0 Å². The highest BCUT2D eigenvalue weighted by Crippen LogP contribution is 2.37. The average molecular weight is 312 g/mol. The summed E-state index contributed by atoms with van der Waals surface area (Å²) in [5.41, 5.74) is 4.89. The third kappa shape index (κ3) is 2.57. The van der Waals surface area contributed by atoms with Crippen molar-refractivity contribution in [2.75, 3.05) is 13.1 Å². The lowest BCUT2D eigenvalue weighted by Crippen LogP contribution is -2.29. The molecule has 1 aliphatic heterocycles. The smallest absolute Gasteiger partial charge is 0.133 e. The van der Waals surface area contributed by atoms with Gasteiger partial charge in [-0.15, -0.1) is 0 Å². The van der Waals surface area contributed by atoms with Crippen molar-refractivity contribution in [2.45, 2.75) is 40.0 Å². The molecule has 2 N–H and O–H groups in total. The van der Waals surface area contributed by atoms with Crippen molar-refractivity contribution in [1.82, 2.24) is 5.32 Å². The van der Waals surface area contributed by atoms with E-state index in [-0.39, 0.29) is 0 Å². The molecule has 1 aliphatic rings. The molecule has 0 unspecified atom stereocenters. The number of phenolic OH excluding ortho intramolecular Hbond substituents is 1. The van der Waals surface area contributed by atoms with E-state index in [4.69, 9.17) is 0 Å². The Bertz CT molecular complexity index is 421. The summed E-state index contributed by atoms with van der Waals surface area (Å²) in [5, 5.41) is 13.5. The van der Waals surface area contributed by atoms with E-state index in [2.05, 4.69) is 35.1 Å². The van der Waals surface area contributed by atoms with E-state index in [9.17, 15) is 5.11 Å². The van der Waals surface area contributed by atoms with Gasteiger partial charge in [0.2, 0.25) is 0 Å². The summed E-state index contributed by atoms with van der Waals surface area (Å²) < 4.78 is 0.870. The van der Waals surface area contributed by atoms with Gasteiger partial charge in [-0.1, -0.05) is 0 Å². The van der Waals surface area contributed by atoms with Crippen LogP contribution in [-0.4, -0.2) is 18.2 Å². The molecule has 0 saturated carbocycles. The van der Waals surface area contributed by atoms with Gasteiger partial charge in [0.1, 0.15) is 5.75 Å². The lowest BCUT2D eigenvalue weighted by Gasteiger charge is -2.25. The molecule has 100 valence electrons. The zero-order chi connectivity index (χ0) is 13.3. The number of halogens is 1. The van der Waals surface area contributed by atoms with Crippen molar-refractivity contribution in [3.8, 4) is 5.75 Å². The van der Waals surface area contributed by atoms with Gasteiger partial charge in [0.05, 0.1) is 4.47 Å². The predicted molar refractivity (Wildman–Crippen MR) is 79.3 cm³/mol. The molecule has 0 amide bonds. The first kappa shape index (κ1) is 13.9. The van der Waals surface area contributed by atoms with Crippen molar-refractivity contribution in [3.05, 3.63) is 26.7 Å². The second kappa shape index (κ2) is 5.62. The van der Waals surface area contributed by atoms with Crippen molar-refractivity contribution in [3.63, 3.8) is 0 Å². The van der Waals surface area contributed by atoms with Gasteiger partial charge in [0.25, 0.3) is 0 Å². The van der Waals surface area contributed by atoms with Crippen LogP contribution < -0.4 is 5.32 Å². The molecule has 0 bridgehead atoms. The average Bonchev–Trinajstić information content (AvgIpc) is 2.40. The van der Waals surface area contributed by atoms with Gasteiger partial charge in [-0.2, -0.15) is 0 Å². The number of aromatic hydroxyl groups is 1. The third-order valence-corrected chi connectivity index (χ3v) is 5.28. The summed E-state index contributed by atoms with van der Waals surface area (Å²) in [7, 11) is 0. The Morgan fingerprint density at radius 2 is 1.72 bits per heavy atom. The highest BCUT2D eigenvalue weighted by atomic mass is 79.9. The molecule has 0 atom stereocenters. The maximum atomic E-state index is 10.0. The Kier molecular flexibility index (Phi) is 4.33. The second-order valence-corrected chi connectivity index (χ2v) is 6.21. The van der Waals surface area contributed by atoms with E-state index >= 15 is 0 Å². The topological polar surface area (TPSA) is 32.3 Å². The fraction of sp³-hybridized carbons (Fsp3) is 0.600. The van der Waals surface area contributed by atoms with Gasteiger partial charge < -0.3 is 10.4 Å². The van der Waals surface area contributed by atoms with Gasteiger partial charge in [-0.3, -0.25) is 0 Å². The molecule has 18 heavy (non-hydrogen) atoms. The lowest BCUT2D eigenvalue weighted by molar-refractivity contribution is 0.371. The lowest BCUT2D eigenvalue weighted by atomic mass is 9.86. The molecule has 2 nitrogen and oxygen atoms in total. The first-order valence-electron chi connectivity index (χ1n) is 6.70. The molecule has 2 rings (SSSR count). The van der Waals surface area contributed by atoms with E-state index in [1.165, 1.54) is 29.5 Å². The molecule has 1 aromatic rings. The van der Waals surface area contributed by atoms with E-state index in [0.29, 0.717) is 5.75 Å². The highest BCUT2D eigenvalue weighted by Gasteiger charge is 2.19. The standard InChI is InChI=1S/C15H22BrNO/c1-9-10(2)15(18)14(16)11(3)13(9)8-12-4-6-17-7-5-12/h12,17-18H,4-8H2,1-3H3. The minimum absolute atomic E-state index is 0.402. The fourth-order valence-corrected chi connectivity index (χ4v) is 3.38. The van der Waals surface area contributed by atoms with Crippen LogP contribution in [-0.2, 0) is 6.42 Å². The van der Waals surface area contributed by atoms with Crippen molar-refractivity contribution in [2.24, 2.45) is 5.92 Å². The summed E-state index contributed by atoms with van der Waals surface area (Å²) in [6.45, 7) is 8.51. The molecule has 1 saturated heterocycles. The van der Waals surface area contributed by atoms with Crippen molar-refractivity contribution < 1.29 is 5.11 Å². The minimum atomic E-state index is 0.402. The maximum Gasteiger partial charge on any atom is 0.133 e. The second-order valence-electron chi connectivity index (χ2n) is 5.41. The monoisotopic (exact) mass is 311 g/mol. The van der Waals surface area contributed by atoms with Crippen LogP contribution in [0.3, 0.4) is 0 Å². The van der Waals surface area contributed by atoms with Gasteiger partial charge >= 0.3 is 0 Å². The minimum Gasteiger partial charge on any atom is -0.506 e. The van der Waals surface area contributed by atoms with E-state index in [1.54, 1.807) is 0 Å². The molecule has 0 aliphatic carbocycles. The summed E-state index contributed by atoms with van der Waals surface area (Å²) in [6, 6.07) is 0. The normalized spacial score (nSPS) is 17.1. The summed E-state index contributed by atoms with van der Waals surface area (Å²) in [5.74, 6) is 1.18. The van der Waals surface area contributed by atoms with Crippen molar-refractivity contribution >= 4 is 15.9 Å². The summed E-state index contributed by atoms with van der Waals surface area (Å²) >= 11 is 3.52. The predicted octanol–water partition coefficient (Wildman–Crippen LogP) is 3.62. The Morgan fingerprint density at radius 3 is 2.33 bits per heavy atom. The molecular formula is C15H22BrNO. The Balaban J connectivity index is 2.32. The molecule has 1 heterocycles. The largest absolute Gasteiger partial charge is 0.506 e. The highest BCUT2D eigenvalue weighted by molar-refractivity contribution is 9.10. The van der Waals surface area contributed by atoms with E-state index in [0.717, 1.165) is 35.5 Å². The summed E-state index contributed by atoms with van der Waals surface area (Å²) in [6.07, 6.45) is 3.66. The van der Waals surface area contributed by atoms with Crippen LogP contribution in [0.5, 0.6) is 5.75 Å². The van der Waals surface area contributed by atoms with Crippen LogP contribution in [0.25, 0.3) is 0 Å². The van der Waals surface area contributed by atoms with Gasteiger partial charge in [-0.25, -0.2) is 0 Å². The first-order chi connectivity index (χ1) is 8.52. The number of nitrogens with one attached hydrogen (secondary N) is 1. The summed E-state index contributed by atoms with van der Waals surface area (Å²) in [4.78, 5) is 0. The van der Waals surface area contributed by atoms with Gasteiger partial charge in [-0.05, 0) is 97.2 Å². The molecule has 0 aromatic heterocycles. The molecular weight excluding hydrogens is 290 g/mol. The maximum absolute atomic E-state index is 10.0. The number of hydrogen-bond donors (Lipinski definition) is 2. The third-order valence-electron chi connectivity index (χ3n) is 4.31. The van der Waals surface area contributed by atoms with Crippen LogP contribution in [0.2, 0.25) is 0 Å². The number of benzene rings is 1. The van der Waals surface area contributed by atoms with Gasteiger partial charge in [0, 0.05) is 0 Å². The Labute approximate surface area is 118 Å². The molecule has 0 radical (unpaired) electrons. The molecule has 1 fully saturated rings. The number of rotatable bonds is 2. The zero-order valence-electron chi connectivity index (χ0n) is 11.4. The Morgan fingerprint density at radius 1 is 1.11 bits per heavy atom. The number of hydrogen-bond acceptors (Lipinski definition) is 2. The van der Waals surface area contributed by atoms with Crippen LogP contribution >= 0.6 is 15.9 Å². The fourth-order valence-electron chi connectivity index (χ4n) is 2.84.